The third kappa shape index (κ3) is 4.22. The number of rotatable bonds is 6. The Kier molecular flexibility index (Phi) is 5.42. The summed E-state index contributed by atoms with van der Waals surface area (Å²) in [6.45, 7) is 10.4. The predicted octanol–water partition coefficient (Wildman–Crippen LogP) is 3.76. The van der Waals surface area contributed by atoms with Gasteiger partial charge < -0.3 is 20.9 Å². The quantitative estimate of drug-likeness (QED) is 0.755. The van der Waals surface area contributed by atoms with Crippen molar-refractivity contribution in [3.05, 3.63) is 23.8 Å². The van der Waals surface area contributed by atoms with Gasteiger partial charge in [0, 0.05) is 36.7 Å². The Morgan fingerprint density at radius 3 is 2.67 bits per heavy atom. The van der Waals surface area contributed by atoms with Gasteiger partial charge in [-0.1, -0.05) is 27.7 Å². The number of carbonyl (C=O) groups excluding carboxylic acids is 1. The smallest absolute Gasteiger partial charge is 0.255 e. The van der Waals surface area contributed by atoms with Crippen molar-refractivity contribution in [3.8, 4) is 0 Å². The molecule has 4 N–H and O–H groups in total. The number of aromatic amines is 1. The topological polar surface area (TPSA) is 74.1 Å². The van der Waals surface area contributed by atoms with E-state index in [0.29, 0.717) is 23.3 Å². The zero-order valence-corrected chi connectivity index (χ0v) is 15.5. The first-order valence-corrected chi connectivity index (χ1v) is 8.63. The highest BCUT2D eigenvalue weighted by atomic mass is 16.1. The fraction of sp³-hybridized carbons (Fsp3) is 0.526. The Bertz CT molecular complexity index is 712. The first-order valence-electron chi connectivity index (χ1n) is 8.63. The van der Waals surface area contributed by atoms with Gasteiger partial charge in [-0.05, 0) is 36.5 Å². The molecule has 1 aromatic carbocycles. The first kappa shape index (κ1) is 18.2. The molecule has 0 saturated heterocycles. The minimum Gasteiger partial charge on any atom is -0.385 e. The monoisotopic (exact) mass is 330 g/mol. The van der Waals surface area contributed by atoms with E-state index < -0.39 is 0 Å². The van der Waals surface area contributed by atoms with Crippen molar-refractivity contribution < 1.29 is 4.79 Å². The molecule has 5 heteroatoms. The summed E-state index contributed by atoms with van der Waals surface area (Å²) in [5.41, 5.74) is 8.90. The maximum absolute atomic E-state index is 12.3. The number of hydrogen-bond acceptors (Lipinski definition) is 3. The van der Waals surface area contributed by atoms with E-state index in [4.69, 9.17) is 5.73 Å². The number of hydrogen-bond donors (Lipinski definition) is 3. The summed E-state index contributed by atoms with van der Waals surface area (Å²) in [6, 6.07) is 6.09. The minimum atomic E-state index is -0.116. The number of amides is 1. The molecule has 0 unspecified atom stereocenters. The number of fused-ring (bicyclic) bond motifs is 1. The van der Waals surface area contributed by atoms with Gasteiger partial charge in [0.15, 0.2) is 0 Å². The molecular formula is C19H30N4O. The van der Waals surface area contributed by atoms with Crippen molar-refractivity contribution in [2.45, 2.75) is 40.5 Å². The summed E-state index contributed by atoms with van der Waals surface area (Å²) in [5, 5.41) is 3.76. The van der Waals surface area contributed by atoms with E-state index in [1.807, 2.05) is 13.0 Å². The first-order chi connectivity index (χ1) is 11.2. The van der Waals surface area contributed by atoms with Crippen LogP contribution in [0.4, 0.5) is 11.5 Å². The van der Waals surface area contributed by atoms with Gasteiger partial charge in [0.1, 0.15) is 5.82 Å². The van der Waals surface area contributed by atoms with Crippen LogP contribution >= 0.6 is 0 Å². The lowest BCUT2D eigenvalue weighted by Gasteiger charge is -2.25. The van der Waals surface area contributed by atoms with Gasteiger partial charge in [0.25, 0.3) is 5.91 Å². The van der Waals surface area contributed by atoms with Crippen molar-refractivity contribution in [3.63, 3.8) is 0 Å². The Morgan fingerprint density at radius 2 is 2.04 bits per heavy atom. The van der Waals surface area contributed by atoms with Gasteiger partial charge in [0.05, 0.1) is 5.56 Å². The largest absolute Gasteiger partial charge is 0.385 e. The lowest BCUT2D eigenvalue weighted by atomic mass is 9.92. The third-order valence-electron chi connectivity index (χ3n) is 4.21. The number of anilines is 2. The number of H-pyrrole nitrogens is 1. The molecule has 1 aromatic heterocycles. The molecule has 0 spiro atoms. The summed E-state index contributed by atoms with van der Waals surface area (Å²) < 4.78 is 0. The molecule has 2 rings (SSSR count). The van der Waals surface area contributed by atoms with E-state index in [1.54, 1.807) is 0 Å². The number of nitrogens with two attached hydrogens (primary N) is 1. The molecule has 1 amide bonds. The maximum atomic E-state index is 12.3. The van der Waals surface area contributed by atoms with Crippen LogP contribution < -0.4 is 16.0 Å². The van der Waals surface area contributed by atoms with Crippen molar-refractivity contribution in [2.24, 2.45) is 5.41 Å². The van der Waals surface area contributed by atoms with Crippen LogP contribution in [0.5, 0.6) is 0 Å². The average Bonchev–Trinajstić information content (AvgIpc) is 2.84. The molecule has 0 fully saturated rings. The zero-order valence-electron chi connectivity index (χ0n) is 15.5. The van der Waals surface area contributed by atoms with Crippen molar-refractivity contribution in [2.75, 3.05) is 30.8 Å². The second-order valence-corrected chi connectivity index (χ2v) is 7.63. The van der Waals surface area contributed by atoms with E-state index in [0.717, 1.165) is 36.0 Å². The van der Waals surface area contributed by atoms with Crippen LogP contribution in [0.3, 0.4) is 0 Å². The number of nitrogens with one attached hydrogen (secondary N) is 2. The number of nitrogen functional groups attached to an aromatic ring is 1. The number of benzene rings is 1. The molecule has 0 atom stereocenters. The molecular weight excluding hydrogens is 300 g/mol. The van der Waals surface area contributed by atoms with Crippen LogP contribution in [0.2, 0.25) is 0 Å². The van der Waals surface area contributed by atoms with Gasteiger partial charge in [-0.25, -0.2) is 0 Å². The fourth-order valence-electron chi connectivity index (χ4n) is 2.65. The highest BCUT2D eigenvalue weighted by Gasteiger charge is 2.17. The maximum Gasteiger partial charge on any atom is 0.255 e. The molecule has 0 saturated carbocycles. The number of aromatic nitrogens is 1. The molecule has 132 valence electrons. The Balaban J connectivity index is 2.25. The number of nitrogens with zero attached hydrogens (tertiary/aromatic N) is 1. The van der Waals surface area contributed by atoms with Crippen molar-refractivity contribution in [1.29, 1.82) is 0 Å². The second kappa shape index (κ2) is 7.16. The van der Waals surface area contributed by atoms with Gasteiger partial charge >= 0.3 is 0 Å². The zero-order chi connectivity index (χ0) is 17.9. The second-order valence-electron chi connectivity index (χ2n) is 7.63. The standard InChI is InChI=1S/C19H30N4O/c1-6-10-21-18(24)16-14-8-7-13(12-15(14)22-17(16)20)23(5)11-9-19(2,3)4/h7-8,12,22H,6,9-11,20H2,1-5H3,(H,21,24). The van der Waals surface area contributed by atoms with Gasteiger partial charge in [0.2, 0.25) is 0 Å². The number of carbonyl (C=O) groups is 1. The lowest BCUT2D eigenvalue weighted by molar-refractivity contribution is 0.0956. The Labute approximate surface area is 144 Å². The molecule has 2 aromatic rings. The molecule has 5 nitrogen and oxygen atoms in total. The minimum absolute atomic E-state index is 0.116. The van der Waals surface area contributed by atoms with Crippen molar-refractivity contribution >= 4 is 28.3 Å². The highest BCUT2D eigenvalue weighted by molar-refractivity contribution is 6.11. The van der Waals surface area contributed by atoms with Crippen LogP contribution in [0.15, 0.2) is 18.2 Å². The van der Waals surface area contributed by atoms with E-state index >= 15 is 0 Å². The molecule has 1 heterocycles. The molecule has 0 aliphatic carbocycles. The van der Waals surface area contributed by atoms with Gasteiger partial charge in [-0.15, -0.1) is 0 Å². The fourth-order valence-corrected chi connectivity index (χ4v) is 2.65. The Morgan fingerprint density at radius 1 is 1.33 bits per heavy atom. The summed E-state index contributed by atoms with van der Waals surface area (Å²) in [7, 11) is 2.09. The van der Waals surface area contributed by atoms with Crippen LogP contribution in [0, 0.1) is 5.41 Å². The Hall–Kier alpha value is -2.17. The van der Waals surface area contributed by atoms with Crippen LogP contribution in [0.25, 0.3) is 10.9 Å². The molecule has 0 bridgehead atoms. The van der Waals surface area contributed by atoms with Gasteiger partial charge in [-0.3, -0.25) is 4.79 Å². The SMILES string of the molecule is CCCNC(=O)c1c(N)[nH]c2cc(N(C)CCC(C)(C)C)ccc12. The third-order valence-corrected chi connectivity index (χ3v) is 4.21. The van der Waals surface area contributed by atoms with E-state index in [9.17, 15) is 4.79 Å². The van der Waals surface area contributed by atoms with Crippen LogP contribution in [-0.4, -0.2) is 31.0 Å². The van der Waals surface area contributed by atoms with Crippen molar-refractivity contribution in [1.82, 2.24) is 10.3 Å². The lowest BCUT2D eigenvalue weighted by Crippen LogP contribution is -2.24. The van der Waals surface area contributed by atoms with E-state index in [1.165, 1.54) is 0 Å². The molecule has 0 radical (unpaired) electrons. The van der Waals surface area contributed by atoms with Crippen LogP contribution in [-0.2, 0) is 0 Å². The van der Waals surface area contributed by atoms with Crippen LogP contribution in [0.1, 0.15) is 50.9 Å². The highest BCUT2D eigenvalue weighted by Crippen LogP contribution is 2.29. The summed E-state index contributed by atoms with van der Waals surface area (Å²) >= 11 is 0. The van der Waals surface area contributed by atoms with E-state index in [2.05, 4.69) is 55.2 Å². The molecule has 24 heavy (non-hydrogen) atoms. The molecule has 0 aliphatic rings. The predicted molar refractivity (Wildman–Crippen MR) is 103 cm³/mol. The summed E-state index contributed by atoms with van der Waals surface area (Å²) in [4.78, 5) is 17.7. The normalized spacial score (nSPS) is 11.7. The summed E-state index contributed by atoms with van der Waals surface area (Å²) in [5.74, 6) is 0.308. The van der Waals surface area contributed by atoms with Gasteiger partial charge in [-0.2, -0.15) is 0 Å². The average molecular weight is 330 g/mol. The van der Waals surface area contributed by atoms with E-state index in [-0.39, 0.29) is 5.91 Å². The molecule has 0 aliphatic heterocycles. The summed E-state index contributed by atoms with van der Waals surface area (Å²) in [6.07, 6.45) is 2.01.